The van der Waals surface area contributed by atoms with E-state index in [2.05, 4.69) is 24.3 Å². The molecular weight excluding hydrogens is 262 g/mol. The fourth-order valence-corrected chi connectivity index (χ4v) is 2.47. The second-order valence-electron chi connectivity index (χ2n) is 5.31. The van der Waals surface area contributed by atoms with Crippen molar-refractivity contribution in [2.75, 3.05) is 6.54 Å². The fourth-order valence-electron chi connectivity index (χ4n) is 2.47. The van der Waals surface area contributed by atoms with Gasteiger partial charge in [-0.15, -0.1) is 0 Å². The largest absolute Gasteiger partial charge is 0.387 e. The highest BCUT2D eigenvalue weighted by Crippen LogP contribution is 2.14. The fraction of sp³-hybridized carbons (Fsp3) is 0.471. The number of hydrogen-bond acceptors (Lipinski definition) is 3. The third kappa shape index (κ3) is 4.41. The van der Waals surface area contributed by atoms with Crippen LogP contribution in [0.3, 0.4) is 0 Å². The van der Waals surface area contributed by atoms with Gasteiger partial charge in [0.15, 0.2) is 0 Å². The van der Waals surface area contributed by atoms with Crippen LogP contribution in [0.4, 0.5) is 0 Å². The van der Waals surface area contributed by atoms with E-state index in [0.717, 1.165) is 24.1 Å². The van der Waals surface area contributed by atoms with Crippen molar-refractivity contribution in [1.29, 1.82) is 0 Å². The third-order valence-electron chi connectivity index (χ3n) is 3.81. The zero-order chi connectivity index (χ0) is 15.1. The Morgan fingerprint density at radius 1 is 1.14 bits per heavy atom. The van der Waals surface area contributed by atoms with E-state index < -0.39 is 6.10 Å². The van der Waals surface area contributed by atoms with E-state index in [4.69, 9.17) is 0 Å². The molecule has 0 saturated heterocycles. The highest BCUT2D eigenvalue weighted by molar-refractivity contribution is 5.17. The molecule has 0 spiro atoms. The lowest BCUT2D eigenvalue weighted by Gasteiger charge is -2.13. The lowest BCUT2D eigenvalue weighted by Crippen LogP contribution is -2.21. The van der Waals surface area contributed by atoms with Crippen molar-refractivity contribution in [1.82, 2.24) is 15.1 Å². The summed E-state index contributed by atoms with van der Waals surface area (Å²) in [5, 5.41) is 17.9. The van der Waals surface area contributed by atoms with Gasteiger partial charge in [-0.2, -0.15) is 5.10 Å². The van der Waals surface area contributed by atoms with Crippen LogP contribution < -0.4 is 5.32 Å². The second kappa shape index (κ2) is 7.96. The molecule has 0 aliphatic carbocycles. The van der Waals surface area contributed by atoms with Gasteiger partial charge in [-0.25, -0.2) is 0 Å². The molecular formula is C17H25N3O. The molecule has 4 nitrogen and oxygen atoms in total. The molecule has 2 rings (SSSR count). The summed E-state index contributed by atoms with van der Waals surface area (Å²) >= 11 is 0. The molecule has 0 aliphatic rings. The average molecular weight is 287 g/mol. The Morgan fingerprint density at radius 3 is 2.52 bits per heavy atom. The molecule has 0 radical (unpaired) electrons. The van der Waals surface area contributed by atoms with Crippen LogP contribution in [-0.2, 0) is 6.54 Å². The SMILES string of the molecule is CCC(CC)n1ccc(CNCC(O)c2ccccc2)n1. The number of benzene rings is 1. The summed E-state index contributed by atoms with van der Waals surface area (Å²) in [7, 11) is 0. The molecule has 2 aromatic rings. The molecule has 0 bridgehead atoms. The predicted octanol–water partition coefficient (Wildman–Crippen LogP) is 3.07. The Hall–Kier alpha value is -1.65. The van der Waals surface area contributed by atoms with E-state index in [1.165, 1.54) is 0 Å². The maximum Gasteiger partial charge on any atom is 0.0914 e. The first-order valence-electron chi connectivity index (χ1n) is 7.72. The van der Waals surface area contributed by atoms with E-state index in [1.807, 2.05) is 47.3 Å². The van der Waals surface area contributed by atoms with Crippen LogP contribution >= 0.6 is 0 Å². The molecule has 2 N–H and O–H groups in total. The summed E-state index contributed by atoms with van der Waals surface area (Å²) in [6.07, 6.45) is 3.75. The van der Waals surface area contributed by atoms with Gasteiger partial charge in [-0.1, -0.05) is 44.2 Å². The lowest BCUT2D eigenvalue weighted by atomic mass is 10.1. The molecule has 0 aliphatic heterocycles. The number of rotatable bonds is 8. The molecule has 114 valence electrons. The summed E-state index contributed by atoms with van der Waals surface area (Å²) in [5.74, 6) is 0. The highest BCUT2D eigenvalue weighted by atomic mass is 16.3. The maximum atomic E-state index is 10.1. The van der Waals surface area contributed by atoms with Crippen molar-refractivity contribution in [3.63, 3.8) is 0 Å². The molecule has 1 unspecified atom stereocenters. The second-order valence-corrected chi connectivity index (χ2v) is 5.31. The van der Waals surface area contributed by atoms with E-state index in [0.29, 0.717) is 19.1 Å². The van der Waals surface area contributed by atoms with Crippen LogP contribution in [0.25, 0.3) is 0 Å². The van der Waals surface area contributed by atoms with Crippen LogP contribution in [0.2, 0.25) is 0 Å². The minimum absolute atomic E-state index is 0.479. The average Bonchev–Trinajstić information content (AvgIpc) is 2.98. The van der Waals surface area contributed by atoms with Crippen molar-refractivity contribution in [3.8, 4) is 0 Å². The van der Waals surface area contributed by atoms with Gasteiger partial charge in [-0.05, 0) is 24.5 Å². The van der Waals surface area contributed by atoms with E-state index in [9.17, 15) is 5.11 Å². The summed E-state index contributed by atoms with van der Waals surface area (Å²) in [5.41, 5.74) is 1.95. The molecule has 1 aromatic heterocycles. The van der Waals surface area contributed by atoms with Gasteiger partial charge in [0.1, 0.15) is 0 Å². The quantitative estimate of drug-likeness (QED) is 0.784. The molecule has 1 aromatic carbocycles. The minimum atomic E-state index is -0.479. The third-order valence-corrected chi connectivity index (χ3v) is 3.81. The van der Waals surface area contributed by atoms with Crippen molar-refractivity contribution < 1.29 is 5.11 Å². The van der Waals surface area contributed by atoms with Gasteiger partial charge in [0.2, 0.25) is 0 Å². The monoisotopic (exact) mass is 287 g/mol. The molecule has 0 amide bonds. The van der Waals surface area contributed by atoms with Crippen molar-refractivity contribution >= 4 is 0 Å². The van der Waals surface area contributed by atoms with E-state index in [1.54, 1.807) is 0 Å². The van der Waals surface area contributed by atoms with Crippen LogP contribution in [0.1, 0.15) is 50.1 Å². The zero-order valence-electron chi connectivity index (χ0n) is 12.9. The topological polar surface area (TPSA) is 50.1 Å². The first kappa shape index (κ1) is 15.7. The normalized spacial score (nSPS) is 12.8. The van der Waals surface area contributed by atoms with Gasteiger partial charge >= 0.3 is 0 Å². The Bertz CT molecular complexity index is 520. The van der Waals surface area contributed by atoms with E-state index in [-0.39, 0.29) is 0 Å². The van der Waals surface area contributed by atoms with Gasteiger partial charge in [0.05, 0.1) is 17.8 Å². The van der Waals surface area contributed by atoms with Crippen LogP contribution in [0, 0.1) is 0 Å². The number of hydrogen-bond donors (Lipinski definition) is 2. The molecule has 4 heteroatoms. The number of nitrogens with zero attached hydrogens (tertiary/aromatic N) is 2. The summed E-state index contributed by atoms with van der Waals surface area (Å²) in [6.45, 7) is 5.58. The van der Waals surface area contributed by atoms with Gasteiger partial charge in [0.25, 0.3) is 0 Å². The van der Waals surface area contributed by atoms with Crippen LogP contribution in [-0.4, -0.2) is 21.4 Å². The van der Waals surface area contributed by atoms with Gasteiger partial charge in [-0.3, -0.25) is 4.68 Å². The Morgan fingerprint density at radius 2 is 1.86 bits per heavy atom. The highest BCUT2D eigenvalue weighted by Gasteiger charge is 2.09. The van der Waals surface area contributed by atoms with Crippen molar-refractivity contribution in [3.05, 3.63) is 53.9 Å². The van der Waals surface area contributed by atoms with Crippen molar-refractivity contribution in [2.45, 2.75) is 45.4 Å². The maximum absolute atomic E-state index is 10.1. The van der Waals surface area contributed by atoms with Crippen LogP contribution in [0.5, 0.6) is 0 Å². The zero-order valence-corrected chi connectivity index (χ0v) is 12.9. The number of aliphatic hydroxyl groups is 1. The minimum Gasteiger partial charge on any atom is -0.387 e. The Balaban J connectivity index is 1.81. The number of nitrogens with one attached hydrogen (secondary N) is 1. The van der Waals surface area contributed by atoms with Gasteiger partial charge in [0, 0.05) is 19.3 Å². The summed E-state index contributed by atoms with van der Waals surface area (Å²) in [6, 6.07) is 12.2. The first-order valence-corrected chi connectivity index (χ1v) is 7.72. The molecule has 1 atom stereocenters. The van der Waals surface area contributed by atoms with E-state index >= 15 is 0 Å². The molecule has 21 heavy (non-hydrogen) atoms. The molecule has 0 saturated carbocycles. The van der Waals surface area contributed by atoms with Crippen LogP contribution in [0.15, 0.2) is 42.6 Å². The van der Waals surface area contributed by atoms with Crippen molar-refractivity contribution in [2.24, 2.45) is 0 Å². The van der Waals surface area contributed by atoms with Gasteiger partial charge < -0.3 is 10.4 Å². The molecule has 0 fully saturated rings. The Kier molecular flexibility index (Phi) is 5.96. The first-order chi connectivity index (χ1) is 10.2. The summed E-state index contributed by atoms with van der Waals surface area (Å²) < 4.78 is 2.05. The predicted molar refractivity (Wildman–Crippen MR) is 85.0 cm³/mol. The number of aliphatic hydroxyl groups excluding tert-OH is 1. The lowest BCUT2D eigenvalue weighted by molar-refractivity contribution is 0.174. The smallest absolute Gasteiger partial charge is 0.0914 e. The standard InChI is InChI=1S/C17H25N3O/c1-3-16(4-2)20-11-10-15(19-20)12-18-13-17(21)14-8-6-5-7-9-14/h5-11,16-18,21H,3-4,12-13H2,1-2H3. The number of aromatic nitrogens is 2. The summed E-state index contributed by atoms with van der Waals surface area (Å²) in [4.78, 5) is 0. The molecule has 1 heterocycles. The Labute approximate surface area is 126 Å².